The molecule has 1 aromatic rings. The summed E-state index contributed by atoms with van der Waals surface area (Å²) >= 11 is 0. The van der Waals surface area contributed by atoms with E-state index in [1.165, 1.54) is 0 Å². The first-order chi connectivity index (χ1) is 9.29. The molecule has 4 nitrogen and oxygen atoms in total. The van der Waals surface area contributed by atoms with Crippen LogP contribution in [-0.4, -0.2) is 25.7 Å². The molecule has 1 heterocycles. The van der Waals surface area contributed by atoms with E-state index in [1.807, 2.05) is 24.3 Å². The van der Waals surface area contributed by atoms with Crippen molar-refractivity contribution < 1.29 is 9.53 Å². The quantitative estimate of drug-likeness (QED) is 0.875. The van der Waals surface area contributed by atoms with E-state index in [0.29, 0.717) is 18.0 Å². The van der Waals surface area contributed by atoms with Gasteiger partial charge in [0.1, 0.15) is 0 Å². The minimum Gasteiger partial charge on any atom is -0.381 e. The maximum Gasteiger partial charge on any atom is 0.251 e. The van der Waals surface area contributed by atoms with Crippen molar-refractivity contribution in [1.29, 1.82) is 0 Å². The van der Waals surface area contributed by atoms with Gasteiger partial charge in [-0.1, -0.05) is 12.1 Å². The first-order valence-electron chi connectivity index (χ1n) is 6.94. The lowest BCUT2D eigenvalue weighted by atomic mass is 9.96. The molecule has 2 rings (SSSR count). The van der Waals surface area contributed by atoms with Gasteiger partial charge < -0.3 is 15.8 Å². The molecule has 1 amide bonds. The zero-order valence-corrected chi connectivity index (χ0v) is 12.5. The highest BCUT2D eigenvalue weighted by Crippen LogP contribution is 2.17. The van der Waals surface area contributed by atoms with Crippen LogP contribution in [0.1, 0.15) is 35.2 Å². The van der Waals surface area contributed by atoms with Gasteiger partial charge in [-0.2, -0.15) is 0 Å². The first kappa shape index (κ1) is 17.0. The first-order valence-corrected chi connectivity index (χ1v) is 6.94. The molecule has 0 spiro atoms. The number of halogens is 1. The Morgan fingerprint density at radius 1 is 1.25 bits per heavy atom. The molecule has 1 aliphatic rings. The van der Waals surface area contributed by atoms with Crippen LogP contribution in [0.2, 0.25) is 0 Å². The average Bonchev–Trinajstić information content (AvgIpc) is 2.48. The van der Waals surface area contributed by atoms with E-state index >= 15 is 0 Å². The van der Waals surface area contributed by atoms with Crippen LogP contribution in [0, 0.1) is 5.92 Å². The van der Waals surface area contributed by atoms with Crippen LogP contribution in [0.4, 0.5) is 0 Å². The maximum atomic E-state index is 11.9. The van der Waals surface area contributed by atoms with Crippen molar-refractivity contribution in [2.24, 2.45) is 11.7 Å². The molecule has 0 aromatic heterocycles. The zero-order valence-electron chi connectivity index (χ0n) is 11.6. The molecule has 1 saturated heterocycles. The highest BCUT2D eigenvalue weighted by Gasteiger charge is 2.13. The number of nitrogens with two attached hydrogens (primary N) is 1. The molecular formula is C15H23ClN2O2. The Bertz CT molecular complexity index is 403. The molecule has 1 fully saturated rings. The van der Waals surface area contributed by atoms with Gasteiger partial charge in [-0.25, -0.2) is 0 Å². The fourth-order valence-corrected chi connectivity index (χ4v) is 2.32. The Hall–Kier alpha value is -1.10. The molecule has 20 heavy (non-hydrogen) atoms. The summed E-state index contributed by atoms with van der Waals surface area (Å²) in [5.74, 6) is 0.685. The number of carbonyl (C=O) groups is 1. The number of hydrogen-bond donors (Lipinski definition) is 2. The predicted molar refractivity (Wildman–Crippen MR) is 82.1 cm³/mol. The van der Waals surface area contributed by atoms with Gasteiger partial charge in [0.15, 0.2) is 0 Å². The Kier molecular flexibility index (Phi) is 7.59. The lowest BCUT2D eigenvalue weighted by molar-refractivity contribution is 0.0636. The van der Waals surface area contributed by atoms with Crippen LogP contribution in [0.25, 0.3) is 0 Å². The molecule has 0 aliphatic carbocycles. The summed E-state index contributed by atoms with van der Waals surface area (Å²) in [5.41, 5.74) is 7.27. The number of hydrogen-bond acceptors (Lipinski definition) is 3. The van der Waals surface area contributed by atoms with Crippen LogP contribution >= 0.6 is 12.4 Å². The molecule has 3 N–H and O–H groups in total. The molecule has 0 unspecified atom stereocenters. The highest BCUT2D eigenvalue weighted by atomic mass is 35.5. The zero-order chi connectivity index (χ0) is 13.5. The van der Waals surface area contributed by atoms with Crippen molar-refractivity contribution in [3.63, 3.8) is 0 Å². The van der Waals surface area contributed by atoms with Crippen LogP contribution in [0.15, 0.2) is 24.3 Å². The van der Waals surface area contributed by atoms with Gasteiger partial charge in [0, 0.05) is 31.9 Å². The number of rotatable bonds is 5. The van der Waals surface area contributed by atoms with E-state index in [0.717, 1.165) is 44.6 Å². The SMILES string of the molecule is Cl.NCc1ccc(C(=O)NCCC2CCOCC2)cc1. The fourth-order valence-electron chi connectivity index (χ4n) is 2.32. The summed E-state index contributed by atoms with van der Waals surface area (Å²) in [6.45, 7) is 2.96. The molecule has 0 bridgehead atoms. The Morgan fingerprint density at radius 3 is 2.50 bits per heavy atom. The Balaban J connectivity index is 0.00000200. The predicted octanol–water partition coefficient (Wildman–Crippen LogP) is 2.11. The highest BCUT2D eigenvalue weighted by molar-refractivity contribution is 5.94. The van der Waals surface area contributed by atoms with Gasteiger partial charge >= 0.3 is 0 Å². The van der Waals surface area contributed by atoms with E-state index in [2.05, 4.69) is 5.32 Å². The van der Waals surface area contributed by atoms with Crippen LogP contribution in [-0.2, 0) is 11.3 Å². The normalized spacial score (nSPS) is 15.4. The van der Waals surface area contributed by atoms with Crippen LogP contribution in [0.3, 0.4) is 0 Å². The number of ether oxygens (including phenoxy) is 1. The summed E-state index contributed by atoms with van der Waals surface area (Å²) < 4.78 is 5.32. The molecule has 5 heteroatoms. The van der Waals surface area contributed by atoms with Crippen molar-refractivity contribution >= 4 is 18.3 Å². The number of carbonyl (C=O) groups excluding carboxylic acids is 1. The smallest absolute Gasteiger partial charge is 0.251 e. The fraction of sp³-hybridized carbons (Fsp3) is 0.533. The van der Waals surface area contributed by atoms with Crippen molar-refractivity contribution in [2.45, 2.75) is 25.8 Å². The van der Waals surface area contributed by atoms with Gasteiger partial charge in [0.05, 0.1) is 0 Å². The summed E-state index contributed by atoms with van der Waals surface area (Å²) in [6.07, 6.45) is 3.26. The number of benzene rings is 1. The minimum atomic E-state index is -0.00405. The maximum absolute atomic E-state index is 11.9. The second-order valence-corrected chi connectivity index (χ2v) is 5.00. The van der Waals surface area contributed by atoms with Gasteiger partial charge in [0.2, 0.25) is 0 Å². The monoisotopic (exact) mass is 298 g/mol. The Morgan fingerprint density at radius 2 is 1.90 bits per heavy atom. The van der Waals surface area contributed by atoms with Crippen molar-refractivity contribution in [1.82, 2.24) is 5.32 Å². The third-order valence-corrected chi connectivity index (χ3v) is 3.63. The average molecular weight is 299 g/mol. The summed E-state index contributed by atoms with van der Waals surface area (Å²) in [5, 5.41) is 2.97. The second-order valence-electron chi connectivity index (χ2n) is 5.00. The summed E-state index contributed by atoms with van der Waals surface area (Å²) in [4.78, 5) is 11.9. The molecule has 1 aromatic carbocycles. The van der Waals surface area contributed by atoms with E-state index < -0.39 is 0 Å². The standard InChI is InChI=1S/C15H22N2O2.ClH/c16-11-13-1-3-14(4-2-13)15(18)17-8-5-12-6-9-19-10-7-12;/h1-4,12H,5-11,16H2,(H,17,18);1H. The van der Waals surface area contributed by atoms with Crippen molar-refractivity contribution in [3.05, 3.63) is 35.4 Å². The third-order valence-electron chi connectivity index (χ3n) is 3.63. The van der Waals surface area contributed by atoms with E-state index in [4.69, 9.17) is 10.5 Å². The Labute approximate surface area is 126 Å². The van der Waals surface area contributed by atoms with Gasteiger partial charge in [-0.05, 0) is 42.9 Å². The summed E-state index contributed by atoms with van der Waals surface area (Å²) in [7, 11) is 0. The molecular weight excluding hydrogens is 276 g/mol. The molecule has 112 valence electrons. The van der Waals surface area contributed by atoms with E-state index in [-0.39, 0.29) is 18.3 Å². The van der Waals surface area contributed by atoms with Crippen LogP contribution in [0.5, 0.6) is 0 Å². The number of amides is 1. The molecule has 0 atom stereocenters. The van der Waals surface area contributed by atoms with E-state index in [9.17, 15) is 4.79 Å². The second kappa shape index (κ2) is 8.95. The lowest BCUT2D eigenvalue weighted by Crippen LogP contribution is -2.27. The number of nitrogens with one attached hydrogen (secondary N) is 1. The van der Waals surface area contributed by atoms with Crippen LogP contribution < -0.4 is 11.1 Å². The molecule has 0 saturated carbocycles. The third kappa shape index (κ3) is 5.12. The summed E-state index contributed by atoms with van der Waals surface area (Å²) in [6, 6.07) is 7.44. The van der Waals surface area contributed by atoms with Gasteiger partial charge in [-0.3, -0.25) is 4.79 Å². The van der Waals surface area contributed by atoms with Gasteiger partial charge in [0.25, 0.3) is 5.91 Å². The topological polar surface area (TPSA) is 64.4 Å². The molecule has 0 radical (unpaired) electrons. The van der Waals surface area contributed by atoms with Gasteiger partial charge in [-0.15, -0.1) is 12.4 Å². The van der Waals surface area contributed by atoms with Crippen molar-refractivity contribution in [2.75, 3.05) is 19.8 Å². The minimum absolute atomic E-state index is 0. The lowest BCUT2D eigenvalue weighted by Gasteiger charge is -2.21. The van der Waals surface area contributed by atoms with E-state index in [1.54, 1.807) is 0 Å². The molecule has 1 aliphatic heterocycles. The van der Waals surface area contributed by atoms with Crippen molar-refractivity contribution in [3.8, 4) is 0 Å². The largest absolute Gasteiger partial charge is 0.381 e.